The van der Waals surface area contributed by atoms with Gasteiger partial charge in [0.2, 0.25) is 11.8 Å². The summed E-state index contributed by atoms with van der Waals surface area (Å²) >= 11 is 5.25. The Balaban J connectivity index is 1.61. The van der Waals surface area contributed by atoms with Crippen molar-refractivity contribution in [1.29, 1.82) is 0 Å². The van der Waals surface area contributed by atoms with Crippen molar-refractivity contribution in [2.24, 2.45) is 0 Å². The van der Waals surface area contributed by atoms with E-state index < -0.39 is 9.84 Å². The number of amides is 1. The lowest BCUT2D eigenvalue weighted by Gasteiger charge is -2.17. The Morgan fingerprint density at radius 1 is 1.36 bits per heavy atom. The first kappa shape index (κ1) is 20.7. The first-order chi connectivity index (χ1) is 13.1. The SMILES string of the molecule is Cc1cc(C)cc(-c2nn(CN(C)CC(=O)NC3CCS(=O)(=O)C3)c(=S)o2)c1. The van der Waals surface area contributed by atoms with E-state index in [1.54, 1.807) is 11.9 Å². The average molecular weight is 425 g/mol. The minimum atomic E-state index is -3.02. The van der Waals surface area contributed by atoms with Crippen molar-refractivity contribution in [1.82, 2.24) is 20.0 Å². The van der Waals surface area contributed by atoms with Crippen LogP contribution in [0.3, 0.4) is 0 Å². The third-order valence-electron chi connectivity index (χ3n) is 4.46. The van der Waals surface area contributed by atoms with Crippen LogP contribution in [0.2, 0.25) is 0 Å². The molecule has 1 aromatic heterocycles. The molecule has 152 valence electrons. The lowest BCUT2D eigenvalue weighted by Crippen LogP contribution is -2.42. The van der Waals surface area contributed by atoms with Gasteiger partial charge in [0.25, 0.3) is 4.84 Å². The molecule has 1 saturated heterocycles. The predicted octanol–water partition coefficient (Wildman–Crippen LogP) is 1.68. The highest BCUT2D eigenvalue weighted by Crippen LogP contribution is 2.21. The Morgan fingerprint density at radius 3 is 2.64 bits per heavy atom. The molecular weight excluding hydrogens is 400 g/mol. The maximum absolute atomic E-state index is 12.2. The van der Waals surface area contributed by atoms with Crippen molar-refractivity contribution < 1.29 is 17.6 Å². The minimum absolute atomic E-state index is 0.00999. The summed E-state index contributed by atoms with van der Waals surface area (Å²) in [5.41, 5.74) is 3.06. The number of aryl methyl sites for hydroxylation is 2. The van der Waals surface area contributed by atoms with Gasteiger partial charge in [-0.1, -0.05) is 17.2 Å². The largest absolute Gasteiger partial charge is 0.409 e. The van der Waals surface area contributed by atoms with Gasteiger partial charge in [0.15, 0.2) is 9.84 Å². The van der Waals surface area contributed by atoms with E-state index in [0.717, 1.165) is 16.7 Å². The molecule has 1 N–H and O–H groups in total. The zero-order valence-electron chi connectivity index (χ0n) is 16.1. The van der Waals surface area contributed by atoms with Crippen molar-refractivity contribution in [3.8, 4) is 11.5 Å². The molecule has 2 heterocycles. The van der Waals surface area contributed by atoms with Crippen LogP contribution < -0.4 is 5.32 Å². The number of hydrogen-bond acceptors (Lipinski definition) is 7. The predicted molar refractivity (Wildman–Crippen MR) is 108 cm³/mol. The van der Waals surface area contributed by atoms with Crippen LogP contribution in [-0.4, -0.2) is 60.1 Å². The van der Waals surface area contributed by atoms with Crippen LogP contribution in [0, 0.1) is 18.7 Å². The first-order valence-electron chi connectivity index (χ1n) is 8.96. The van der Waals surface area contributed by atoms with Crippen LogP contribution in [0.15, 0.2) is 22.6 Å². The molecule has 8 nitrogen and oxygen atoms in total. The highest BCUT2D eigenvalue weighted by atomic mass is 32.2. The van der Waals surface area contributed by atoms with E-state index in [4.69, 9.17) is 16.6 Å². The van der Waals surface area contributed by atoms with Crippen LogP contribution in [-0.2, 0) is 21.3 Å². The highest BCUT2D eigenvalue weighted by molar-refractivity contribution is 7.91. The molecule has 1 unspecified atom stereocenters. The van der Waals surface area contributed by atoms with E-state index >= 15 is 0 Å². The van der Waals surface area contributed by atoms with Crippen LogP contribution in [0.1, 0.15) is 17.5 Å². The monoisotopic (exact) mass is 424 g/mol. The third-order valence-corrected chi connectivity index (χ3v) is 6.52. The molecule has 0 bridgehead atoms. The van der Waals surface area contributed by atoms with Gasteiger partial charge in [0.1, 0.15) is 0 Å². The van der Waals surface area contributed by atoms with E-state index in [0.29, 0.717) is 12.3 Å². The van der Waals surface area contributed by atoms with Crippen molar-refractivity contribution in [3.63, 3.8) is 0 Å². The molecule has 0 aliphatic carbocycles. The Bertz CT molecular complexity index is 1020. The van der Waals surface area contributed by atoms with Crippen molar-refractivity contribution in [3.05, 3.63) is 34.2 Å². The van der Waals surface area contributed by atoms with E-state index in [1.807, 2.05) is 26.0 Å². The molecule has 1 aliphatic rings. The van der Waals surface area contributed by atoms with Gasteiger partial charge >= 0.3 is 0 Å². The summed E-state index contributed by atoms with van der Waals surface area (Å²) < 4.78 is 30.1. The van der Waals surface area contributed by atoms with E-state index in [-0.39, 0.29) is 41.5 Å². The van der Waals surface area contributed by atoms with Gasteiger partial charge in [0.05, 0.1) is 24.7 Å². The normalized spacial score (nSPS) is 18.5. The second-order valence-electron chi connectivity index (χ2n) is 7.37. The number of carbonyl (C=O) groups is 1. The zero-order chi connectivity index (χ0) is 20.5. The molecule has 1 fully saturated rings. The fourth-order valence-electron chi connectivity index (χ4n) is 3.32. The quantitative estimate of drug-likeness (QED) is 0.705. The van der Waals surface area contributed by atoms with E-state index in [1.165, 1.54) is 4.68 Å². The van der Waals surface area contributed by atoms with Crippen LogP contribution in [0.4, 0.5) is 0 Å². The second kappa shape index (κ2) is 8.14. The second-order valence-corrected chi connectivity index (χ2v) is 9.95. The lowest BCUT2D eigenvalue weighted by atomic mass is 10.1. The molecule has 28 heavy (non-hydrogen) atoms. The molecule has 0 saturated carbocycles. The fourth-order valence-corrected chi connectivity index (χ4v) is 5.17. The van der Waals surface area contributed by atoms with Gasteiger partial charge < -0.3 is 9.73 Å². The van der Waals surface area contributed by atoms with Crippen molar-refractivity contribution in [2.75, 3.05) is 25.1 Å². The maximum atomic E-state index is 12.2. The topological polar surface area (TPSA) is 97.4 Å². The summed E-state index contributed by atoms with van der Waals surface area (Å²) in [5.74, 6) is 0.346. The Hall–Kier alpha value is -2.04. The van der Waals surface area contributed by atoms with Gasteiger partial charge in [0, 0.05) is 11.6 Å². The Kier molecular flexibility index (Phi) is 6.01. The van der Waals surface area contributed by atoms with Crippen molar-refractivity contribution >= 4 is 28.0 Å². The summed E-state index contributed by atoms with van der Waals surface area (Å²) in [7, 11) is -1.26. The lowest BCUT2D eigenvalue weighted by molar-refractivity contribution is -0.122. The number of hydrogen-bond donors (Lipinski definition) is 1. The molecule has 1 amide bonds. The van der Waals surface area contributed by atoms with Crippen LogP contribution in [0.5, 0.6) is 0 Å². The Morgan fingerprint density at radius 2 is 2.04 bits per heavy atom. The summed E-state index contributed by atoms with van der Waals surface area (Å²) in [5, 5.41) is 7.20. The maximum Gasteiger partial charge on any atom is 0.288 e. The summed E-state index contributed by atoms with van der Waals surface area (Å²) in [6, 6.07) is 5.71. The number of nitrogens with zero attached hydrogens (tertiary/aromatic N) is 3. The smallest absolute Gasteiger partial charge is 0.288 e. The zero-order valence-corrected chi connectivity index (χ0v) is 17.8. The molecule has 3 rings (SSSR count). The molecule has 1 aromatic carbocycles. The van der Waals surface area contributed by atoms with Crippen LogP contribution >= 0.6 is 12.2 Å². The Labute approximate surface area is 169 Å². The van der Waals surface area contributed by atoms with Crippen LogP contribution in [0.25, 0.3) is 11.5 Å². The number of aromatic nitrogens is 2. The number of likely N-dealkylation sites (N-methyl/N-ethyl adjacent to an activating group) is 1. The number of nitrogens with one attached hydrogen (secondary N) is 1. The highest BCUT2D eigenvalue weighted by Gasteiger charge is 2.29. The van der Waals surface area contributed by atoms with Crippen molar-refractivity contribution in [2.45, 2.75) is 33.0 Å². The minimum Gasteiger partial charge on any atom is -0.409 e. The van der Waals surface area contributed by atoms with Gasteiger partial charge in [-0.05, 0) is 51.7 Å². The number of sulfone groups is 1. The molecule has 1 aliphatic heterocycles. The van der Waals surface area contributed by atoms with Gasteiger partial charge in [-0.2, -0.15) is 0 Å². The standard InChI is InChI=1S/C18H24N4O4S2/c1-12-6-13(2)8-14(7-12)17-20-22(18(27)26-17)11-21(3)9-16(23)19-15-4-5-28(24,25)10-15/h6-8,15H,4-5,9-11H2,1-3H3,(H,19,23). The van der Waals surface area contributed by atoms with Gasteiger partial charge in [-0.25, -0.2) is 13.1 Å². The number of benzene rings is 1. The molecule has 0 spiro atoms. The average Bonchev–Trinajstić information content (AvgIpc) is 3.08. The molecule has 2 aromatic rings. The summed E-state index contributed by atoms with van der Waals surface area (Å²) in [6.07, 6.45) is 0.464. The molecule has 0 radical (unpaired) electrons. The summed E-state index contributed by atoms with van der Waals surface area (Å²) in [6.45, 7) is 4.39. The van der Waals surface area contributed by atoms with Gasteiger partial charge in [-0.15, -0.1) is 5.10 Å². The first-order valence-corrected chi connectivity index (χ1v) is 11.2. The van der Waals surface area contributed by atoms with Gasteiger partial charge in [-0.3, -0.25) is 9.69 Å². The van der Waals surface area contributed by atoms with E-state index in [9.17, 15) is 13.2 Å². The number of rotatable bonds is 6. The molecule has 1 atom stereocenters. The molecule has 10 heteroatoms. The third kappa shape index (κ3) is 5.27. The summed E-state index contributed by atoms with van der Waals surface area (Å²) in [4.78, 5) is 14.1. The fraction of sp³-hybridized carbons (Fsp3) is 0.500. The molecular formula is C18H24N4O4S2. The number of carbonyl (C=O) groups excluding carboxylic acids is 1. The van der Waals surface area contributed by atoms with E-state index in [2.05, 4.69) is 16.5 Å².